The highest BCUT2D eigenvalue weighted by Crippen LogP contribution is 2.14. The molecule has 0 saturated carbocycles. The molecule has 0 aliphatic carbocycles. The maximum absolute atomic E-state index is 12.8. The summed E-state index contributed by atoms with van der Waals surface area (Å²) in [5, 5.41) is 0. The van der Waals surface area contributed by atoms with Gasteiger partial charge in [-0.1, -0.05) is 0 Å². The van der Waals surface area contributed by atoms with Gasteiger partial charge in [-0.05, 0) is 77.4 Å². The fourth-order valence-electron chi connectivity index (χ4n) is 2.66. The summed E-state index contributed by atoms with van der Waals surface area (Å²) in [4.78, 5) is 33.0. The highest BCUT2D eigenvalue weighted by Gasteiger charge is 2.28. The first-order valence-corrected chi connectivity index (χ1v) is 9.22. The van der Waals surface area contributed by atoms with Gasteiger partial charge < -0.3 is 15.4 Å². The van der Waals surface area contributed by atoms with Crippen LogP contribution in [-0.4, -0.2) is 58.6 Å². The molecule has 0 atom stereocenters. The van der Waals surface area contributed by atoms with Crippen LogP contribution in [0.5, 0.6) is 0 Å². The van der Waals surface area contributed by atoms with Gasteiger partial charge in [-0.15, -0.1) is 0 Å². The number of nitrogens with zero attached hydrogens (tertiary/aromatic N) is 3. The fraction of sp³-hybridized carbons (Fsp3) is 0.632. The third-order valence-corrected chi connectivity index (χ3v) is 4.19. The molecule has 2 amide bonds. The minimum Gasteiger partial charge on any atom is -0.443 e. The molecule has 1 fully saturated rings. The number of hydrogen-bond donors (Lipinski definition) is 1. The number of unbranched alkanes of at least 4 members (excludes halogenated alkanes) is 1. The van der Waals surface area contributed by atoms with Crippen LogP contribution in [0.4, 0.5) is 4.79 Å². The first kappa shape index (κ1) is 20.3. The van der Waals surface area contributed by atoms with E-state index in [0.29, 0.717) is 13.1 Å². The van der Waals surface area contributed by atoms with E-state index < -0.39 is 17.6 Å². The first-order chi connectivity index (χ1) is 12.3. The third-order valence-electron chi connectivity index (χ3n) is 4.19. The molecule has 1 aromatic rings. The molecule has 1 aliphatic rings. The van der Waals surface area contributed by atoms with Crippen molar-refractivity contribution in [2.24, 2.45) is 5.73 Å². The second kappa shape index (κ2) is 9.09. The van der Waals surface area contributed by atoms with Crippen molar-refractivity contribution in [2.75, 3.05) is 26.2 Å². The normalized spacial score (nSPS) is 14.6. The van der Waals surface area contributed by atoms with Crippen LogP contribution in [0.3, 0.4) is 0 Å². The zero-order valence-electron chi connectivity index (χ0n) is 16.0. The molecule has 0 aromatic carbocycles. The molecular weight excluding hydrogens is 332 g/mol. The summed E-state index contributed by atoms with van der Waals surface area (Å²) in [6.45, 7) is 9.26. The van der Waals surface area contributed by atoms with Gasteiger partial charge in [0.1, 0.15) is 11.3 Å². The number of carbonyl (C=O) groups is 2. The van der Waals surface area contributed by atoms with Crippen molar-refractivity contribution in [1.29, 1.82) is 0 Å². The molecule has 7 nitrogen and oxygen atoms in total. The third kappa shape index (κ3) is 6.07. The summed E-state index contributed by atoms with van der Waals surface area (Å²) in [5.41, 5.74) is 5.97. The molecule has 2 rings (SSSR count). The Morgan fingerprint density at radius 3 is 2.62 bits per heavy atom. The molecule has 144 valence electrons. The van der Waals surface area contributed by atoms with Gasteiger partial charge in [0.2, 0.25) is 0 Å². The van der Waals surface area contributed by atoms with Crippen molar-refractivity contribution >= 4 is 12.0 Å². The smallest absolute Gasteiger partial charge is 0.417 e. The van der Waals surface area contributed by atoms with Crippen LogP contribution in [0.2, 0.25) is 0 Å². The van der Waals surface area contributed by atoms with E-state index in [-0.39, 0.29) is 5.69 Å². The van der Waals surface area contributed by atoms with Gasteiger partial charge in [-0.2, -0.15) is 0 Å². The number of pyridine rings is 1. The van der Waals surface area contributed by atoms with Gasteiger partial charge >= 0.3 is 6.09 Å². The molecule has 1 aromatic heterocycles. The van der Waals surface area contributed by atoms with Crippen LogP contribution in [0, 0.1) is 0 Å². The van der Waals surface area contributed by atoms with Crippen molar-refractivity contribution in [3.63, 3.8) is 0 Å². The van der Waals surface area contributed by atoms with Crippen LogP contribution in [-0.2, 0) is 11.3 Å². The molecule has 0 radical (unpaired) electrons. The van der Waals surface area contributed by atoms with E-state index in [4.69, 9.17) is 10.5 Å². The Morgan fingerprint density at radius 1 is 1.31 bits per heavy atom. The second-order valence-corrected chi connectivity index (χ2v) is 7.59. The number of hydrogen-bond acceptors (Lipinski definition) is 6. The highest BCUT2D eigenvalue weighted by atomic mass is 16.6. The number of aromatic nitrogens is 1. The lowest BCUT2D eigenvalue weighted by molar-refractivity contribution is 0.0235. The fourth-order valence-corrected chi connectivity index (χ4v) is 2.66. The van der Waals surface area contributed by atoms with Crippen LogP contribution in [0.1, 0.15) is 56.1 Å². The lowest BCUT2D eigenvalue weighted by Gasteiger charge is -2.31. The predicted octanol–water partition coefficient (Wildman–Crippen LogP) is 2.40. The van der Waals surface area contributed by atoms with E-state index in [0.717, 1.165) is 42.9 Å². The molecule has 0 bridgehead atoms. The SMILES string of the molecule is CC(C)(C)OC(=O)N(CCCCN1CCC1)C(=O)c1cc(CN)ccn1. The number of ether oxygens (including phenoxy) is 1. The zero-order chi connectivity index (χ0) is 19.2. The van der Waals surface area contributed by atoms with Gasteiger partial charge in [0.25, 0.3) is 5.91 Å². The van der Waals surface area contributed by atoms with E-state index in [1.807, 2.05) is 0 Å². The first-order valence-electron chi connectivity index (χ1n) is 9.22. The quantitative estimate of drug-likeness (QED) is 0.749. The molecule has 0 spiro atoms. The lowest BCUT2D eigenvalue weighted by atomic mass is 10.2. The van der Waals surface area contributed by atoms with Crippen molar-refractivity contribution < 1.29 is 14.3 Å². The summed E-state index contributed by atoms with van der Waals surface area (Å²) in [7, 11) is 0. The van der Waals surface area contributed by atoms with Crippen molar-refractivity contribution in [2.45, 2.75) is 52.2 Å². The Morgan fingerprint density at radius 2 is 2.04 bits per heavy atom. The Hall–Kier alpha value is -1.99. The van der Waals surface area contributed by atoms with E-state index in [9.17, 15) is 9.59 Å². The molecule has 26 heavy (non-hydrogen) atoms. The van der Waals surface area contributed by atoms with Gasteiger partial charge in [0, 0.05) is 19.3 Å². The number of carbonyl (C=O) groups excluding carboxylic acids is 2. The van der Waals surface area contributed by atoms with Crippen molar-refractivity contribution in [3.8, 4) is 0 Å². The molecule has 1 saturated heterocycles. The number of likely N-dealkylation sites (tertiary alicyclic amines) is 1. The van der Waals surface area contributed by atoms with E-state index in [1.165, 1.54) is 12.6 Å². The van der Waals surface area contributed by atoms with Crippen molar-refractivity contribution in [3.05, 3.63) is 29.6 Å². The van der Waals surface area contributed by atoms with Crippen molar-refractivity contribution in [1.82, 2.24) is 14.8 Å². The maximum Gasteiger partial charge on any atom is 0.417 e. The van der Waals surface area contributed by atoms with Crippen LogP contribution in [0.15, 0.2) is 18.3 Å². The van der Waals surface area contributed by atoms with Crippen LogP contribution >= 0.6 is 0 Å². The van der Waals surface area contributed by atoms with E-state index >= 15 is 0 Å². The number of nitrogens with two attached hydrogens (primary N) is 1. The minimum absolute atomic E-state index is 0.210. The van der Waals surface area contributed by atoms with Crippen LogP contribution < -0.4 is 5.73 Å². The van der Waals surface area contributed by atoms with Gasteiger partial charge in [0.15, 0.2) is 0 Å². The average molecular weight is 362 g/mol. The molecule has 2 heterocycles. The Balaban J connectivity index is 2.04. The summed E-state index contributed by atoms with van der Waals surface area (Å²) < 4.78 is 5.41. The number of rotatable bonds is 7. The van der Waals surface area contributed by atoms with Gasteiger partial charge in [0.05, 0.1) is 0 Å². The molecular formula is C19H30N4O3. The zero-order valence-corrected chi connectivity index (χ0v) is 16.0. The largest absolute Gasteiger partial charge is 0.443 e. The lowest BCUT2D eigenvalue weighted by Crippen LogP contribution is -2.42. The molecule has 0 unspecified atom stereocenters. The highest BCUT2D eigenvalue weighted by molar-refractivity contribution is 6.01. The topological polar surface area (TPSA) is 88.8 Å². The predicted molar refractivity (Wildman–Crippen MR) is 99.7 cm³/mol. The van der Waals surface area contributed by atoms with E-state index in [2.05, 4.69) is 9.88 Å². The molecule has 2 N–H and O–H groups in total. The van der Waals surface area contributed by atoms with Gasteiger partial charge in [-0.25, -0.2) is 9.69 Å². The summed E-state index contributed by atoms with van der Waals surface area (Å²) >= 11 is 0. The Kier molecular flexibility index (Phi) is 7.11. The number of imide groups is 1. The summed E-state index contributed by atoms with van der Waals surface area (Å²) in [6, 6.07) is 3.38. The minimum atomic E-state index is -0.667. The summed E-state index contributed by atoms with van der Waals surface area (Å²) in [6.07, 6.45) is 3.82. The summed E-state index contributed by atoms with van der Waals surface area (Å²) in [5.74, 6) is -0.446. The maximum atomic E-state index is 12.8. The Bertz CT molecular complexity index is 623. The monoisotopic (exact) mass is 362 g/mol. The van der Waals surface area contributed by atoms with Gasteiger partial charge in [-0.3, -0.25) is 9.78 Å². The molecule has 7 heteroatoms. The molecule has 1 aliphatic heterocycles. The average Bonchev–Trinajstić information content (AvgIpc) is 2.54. The standard InChI is InChI=1S/C19H30N4O3/c1-19(2,3)26-18(25)23(12-5-4-9-22-10-6-11-22)17(24)16-13-15(14-20)7-8-21-16/h7-8,13H,4-6,9-12,14,20H2,1-3H3. The van der Waals surface area contributed by atoms with Crippen LogP contribution in [0.25, 0.3) is 0 Å². The number of amides is 2. The Labute approximate surface area is 155 Å². The van der Waals surface area contributed by atoms with E-state index in [1.54, 1.807) is 32.9 Å². The second-order valence-electron chi connectivity index (χ2n) is 7.59.